The molecule has 9 heteroatoms. The molecule has 1 aliphatic rings. The Labute approximate surface area is 156 Å². The van der Waals surface area contributed by atoms with Crippen molar-refractivity contribution in [3.8, 4) is 0 Å². The van der Waals surface area contributed by atoms with E-state index in [1.807, 2.05) is 0 Å². The molecule has 2 N–H and O–H groups in total. The van der Waals surface area contributed by atoms with Crippen LogP contribution in [0.15, 0.2) is 47.4 Å². The first-order valence-corrected chi connectivity index (χ1v) is 8.73. The van der Waals surface area contributed by atoms with Gasteiger partial charge in [-0.1, -0.05) is 23.7 Å². The van der Waals surface area contributed by atoms with Crippen LogP contribution >= 0.6 is 23.4 Å². The van der Waals surface area contributed by atoms with Crippen molar-refractivity contribution in [1.29, 1.82) is 0 Å². The topological polar surface area (TPSA) is 58.2 Å². The molecule has 2 aromatic rings. The molecule has 0 aromatic heterocycles. The predicted octanol–water partition coefficient (Wildman–Crippen LogP) is 4.80. The number of nitrogens with one attached hydrogen (secondary N) is 2. The van der Waals surface area contributed by atoms with Crippen LogP contribution in [0.2, 0.25) is 5.02 Å². The van der Waals surface area contributed by atoms with Gasteiger partial charge in [0, 0.05) is 11.3 Å². The van der Waals surface area contributed by atoms with Crippen molar-refractivity contribution in [3.05, 3.63) is 53.1 Å². The molecule has 3 rings (SSSR count). The zero-order valence-corrected chi connectivity index (χ0v) is 14.6. The Morgan fingerprint density at radius 3 is 2.65 bits per heavy atom. The smallest absolute Gasteiger partial charge is 0.325 e. The molecule has 136 valence electrons. The third-order valence-corrected chi connectivity index (χ3v) is 5.25. The van der Waals surface area contributed by atoms with Crippen LogP contribution in [-0.2, 0) is 15.8 Å². The van der Waals surface area contributed by atoms with Crippen molar-refractivity contribution in [2.24, 2.45) is 0 Å². The van der Waals surface area contributed by atoms with Crippen LogP contribution in [0.25, 0.3) is 0 Å². The summed E-state index contributed by atoms with van der Waals surface area (Å²) in [6, 6.07) is 9.80. The number of hydrogen-bond acceptors (Lipinski definition) is 3. The summed E-state index contributed by atoms with van der Waals surface area (Å²) in [5.41, 5.74) is -0.319. The molecule has 2 aromatic carbocycles. The molecular formula is C17H12ClF3N2O2S. The van der Waals surface area contributed by atoms with Gasteiger partial charge in [0.1, 0.15) is 0 Å². The maximum atomic E-state index is 12.8. The highest BCUT2D eigenvalue weighted by Crippen LogP contribution is 2.40. The van der Waals surface area contributed by atoms with Gasteiger partial charge in [-0.05, 0) is 30.3 Å². The van der Waals surface area contributed by atoms with Gasteiger partial charge >= 0.3 is 6.18 Å². The molecule has 1 aliphatic heterocycles. The van der Waals surface area contributed by atoms with Crippen LogP contribution in [0.4, 0.5) is 24.5 Å². The number of anilines is 2. The highest BCUT2D eigenvalue weighted by atomic mass is 35.5. The van der Waals surface area contributed by atoms with E-state index in [2.05, 4.69) is 10.6 Å². The third kappa shape index (κ3) is 4.13. The highest BCUT2D eigenvalue weighted by Gasteiger charge is 2.34. The number of halogens is 4. The van der Waals surface area contributed by atoms with Crippen molar-refractivity contribution in [1.82, 2.24) is 0 Å². The van der Waals surface area contributed by atoms with E-state index in [9.17, 15) is 22.8 Å². The molecule has 0 fully saturated rings. The molecule has 0 saturated heterocycles. The van der Waals surface area contributed by atoms with Gasteiger partial charge in [0.15, 0.2) is 0 Å². The lowest BCUT2D eigenvalue weighted by Gasteiger charge is -2.24. The number of amides is 2. The molecule has 2 amide bonds. The van der Waals surface area contributed by atoms with Crippen LogP contribution < -0.4 is 10.6 Å². The van der Waals surface area contributed by atoms with E-state index in [1.165, 1.54) is 6.07 Å². The summed E-state index contributed by atoms with van der Waals surface area (Å²) in [6.45, 7) is 0. The number of para-hydroxylation sites is 1. The summed E-state index contributed by atoms with van der Waals surface area (Å²) in [7, 11) is 0. The quantitative estimate of drug-likeness (QED) is 0.778. The Balaban J connectivity index is 1.70. The molecular weight excluding hydrogens is 389 g/mol. The van der Waals surface area contributed by atoms with E-state index in [4.69, 9.17) is 11.6 Å². The second-order valence-electron chi connectivity index (χ2n) is 5.54. The molecule has 0 spiro atoms. The number of carbonyl (C=O) groups excluding carboxylic acids is 2. The van der Waals surface area contributed by atoms with E-state index in [1.54, 1.807) is 24.3 Å². The Morgan fingerprint density at radius 2 is 1.96 bits per heavy atom. The van der Waals surface area contributed by atoms with E-state index in [-0.39, 0.29) is 12.1 Å². The molecule has 0 saturated carbocycles. The van der Waals surface area contributed by atoms with Gasteiger partial charge < -0.3 is 10.6 Å². The van der Waals surface area contributed by atoms with Crippen LogP contribution in [0.3, 0.4) is 0 Å². The molecule has 26 heavy (non-hydrogen) atoms. The number of rotatable bonds is 3. The van der Waals surface area contributed by atoms with Crippen LogP contribution in [0, 0.1) is 0 Å². The van der Waals surface area contributed by atoms with Crippen molar-refractivity contribution in [2.45, 2.75) is 22.7 Å². The standard InChI is InChI=1S/C17H12ClF3N2O2S/c18-10-3-1-2-4-11(10)22-15(24)8-14-16(25)23-12-7-9(17(19,20)21)5-6-13(12)26-14/h1-7,14H,8H2,(H,22,24)(H,23,25)/t14-/m0/s1. The molecule has 0 radical (unpaired) electrons. The van der Waals surface area contributed by atoms with Crippen LogP contribution in [0.5, 0.6) is 0 Å². The zero-order chi connectivity index (χ0) is 18.9. The minimum absolute atomic E-state index is 0.0950. The van der Waals surface area contributed by atoms with Gasteiger partial charge in [0.25, 0.3) is 0 Å². The first kappa shape index (κ1) is 18.6. The van der Waals surface area contributed by atoms with Crippen molar-refractivity contribution in [3.63, 3.8) is 0 Å². The van der Waals surface area contributed by atoms with Crippen LogP contribution in [-0.4, -0.2) is 17.1 Å². The monoisotopic (exact) mass is 400 g/mol. The summed E-state index contributed by atoms with van der Waals surface area (Å²) in [4.78, 5) is 24.8. The number of fused-ring (bicyclic) bond motifs is 1. The Hall–Kier alpha value is -2.19. The minimum Gasteiger partial charge on any atom is -0.325 e. The van der Waals surface area contributed by atoms with Gasteiger partial charge in [0.05, 0.1) is 27.2 Å². The maximum absolute atomic E-state index is 12.8. The van der Waals surface area contributed by atoms with Crippen LogP contribution in [0.1, 0.15) is 12.0 Å². The first-order valence-electron chi connectivity index (χ1n) is 7.47. The molecule has 0 aliphatic carbocycles. The largest absolute Gasteiger partial charge is 0.416 e. The number of thioether (sulfide) groups is 1. The summed E-state index contributed by atoms with van der Waals surface area (Å²) in [5.74, 6) is -0.933. The van der Waals surface area contributed by atoms with Gasteiger partial charge in [-0.3, -0.25) is 9.59 Å². The van der Waals surface area contributed by atoms with Crippen molar-refractivity contribution < 1.29 is 22.8 Å². The molecule has 1 heterocycles. The van der Waals surface area contributed by atoms with Gasteiger partial charge in [-0.2, -0.15) is 13.2 Å². The summed E-state index contributed by atoms with van der Waals surface area (Å²) < 4.78 is 38.3. The van der Waals surface area contributed by atoms with Gasteiger partial charge in [-0.25, -0.2) is 0 Å². The zero-order valence-electron chi connectivity index (χ0n) is 13.1. The second kappa shape index (κ2) is 7.20. The Kier molecular flexibility index (Phi) is 5.15. The predicted molar refractivity (Wildman–Crippen MR) is 94.4 cm³/mol. The lowest BCUT2D eigenvalue weighted by molar-refractivity contribution is -0.137. The second-order valence-corrected chi connectivity index (χ2v) is 7.19. The maximum Gasteiger partial charge on any atom is 0.416 e. The summed E-state index contributed by atoms with van der Waals surface area (Å²) >= 11 is 7.02. The number of alkyl halides is 3. The molecule has 4 nitrogen and oxygen atoms in total. The molecule has 0 unspecified atom stereocenters. The third-order valence-electron chi connectivity index (χ3n) is 3.65. The van der Waals surface area contributed by atoms with Gasteiger partial charge in [-0.15, -0.1) is 11.8 Å². The van der Waals surface area contributed by atoms with E-state index >= 15 is 0 Å². The average molecular weight is 401 g/mol. The highest BCUT2D eigenvalue weighted by molar-refractivity contribution is 8.01. The Bertz CT molecular complexity index is 873. The summed E-state index contributed by atoms with van der Waals surface area (Å²) in [6.07, 6.45) is -4.63. The molecule has 0 bridgehead atoms. The average Bonchev–Trinajstić information content (AvgIpc) is 2.56. The van der Waals surface area contributed by atoms with Gasteiger partial charge in [0.2, 0.25) is 11.8 Å². The summed E-state index contributed by atoms with van der Waals surface area (Å²) in [5, 5.41) is 4.67. The van der Waals surface area contributed by atoms with E-state index in [0.717, 1.165) is 23.9 Å². The number of carbonyl (C=O) groups is 2. The lowest BCUT2D eigenvalue weighted by Crippen LogP contribution is -2.32. The van der Waals surface area contributed by atoms with Crippen molar-refractivity contribution >= 4 is 46.6 Å². The van der Waals surface area contributed by atoms with E-state index < -0.39 is 28.8 Å². The van der Waals surface area contributed by atoms with E-state index in [0.29, 0.717) is 15.6 Å². The SMILES string of the molecule is O=C(C[C@@H]1Sc2ccc(C(F)(F)F)cc2NC1=O)Nc1ccccc1Cl. The fourth-order valence-corrected chi connectivity index (χ4v) is 3.67. The minimum atomic E-state index is -4.49. The first-order chi connectivity index (χ1) is 12.2. The number of hydrogen-bond donors (Lipinski definition) is 2. The normalized spacial score (nSPS) is 16.6. The molecule has 1 atom stereocenters. The number of benzene rings is 2. The van der Waals surface area contributed by atoms with Crippen molar-refractivity contribution in [2.75, 3.05) is 10.6 Å². The fourth-order valence-electron chi connectivity index (χ4n) is 2.39. The Morgan fingerprint density at radius 1 is 1.23 bits per heavy atom. The lowest BCUT2D eigenvalue weighted by atomic mass is 10.1. The fraction of sp³-hybridized carbons (Fsp3) is 0.176.